The molecule has 2 aromatic rings. The van der Waals surface area contributed by atoms with Crippen molar-refractivity contribution in [2.45, 2.75) is 13.5 Å². The average Bonchev–Trinajstić information content (AvgIpc) is 2.64. The number of hydrogen-bond donors (Lipinski definition) is 0. The van der Waals surface area contributed by atoms with Gasteiger partial charge in [0.1, 0.15) is 0 Å². The van der Waals surface area contributed by atoms with Crippen LogP contribution in [0, 0.1) is 10.1 Å². The highest BCUT2D eigenvalue weighted by Crippen LogP contribution is 2.14. The Balaban J connectivity index is 1.94. The van der Waals surface area contributed by atoms with Gasteiger partial charge in [0.25, 0.3) is 11.6 Å². The molecule has 0 N–H and O–H groups in total. The predicted molar refractivity (Wildman–Crippen MR) is 90.9 cm³/mol. The van der Waals surface area contributed by atoms with E-state index in [9.17, 15) is 19.7 Å². The standard InChI is InChI=1S/C18H18N2O5/c1-2-19(12-14-7-4-3-5-8-14)17(21)13-25-18(22)15-9-6-10-16(11-15)20(23)24/h3-11H,2,12-13H2,1H3. The molecule has 0 fully saturated rings. The highest BCUT2D eigenvalue weighted by atomic mass is 16.6. The van der Waals surface area contributed by atoms with Crippen LogP contribution in [0.4, 0.5) is 5.69 Å². The zero-order chi connectivity index (χ0) is 18.2. The Labute approximate surface area is 145 Å². The summed E-state index contributed by atoms with van der Waals surface area (Å²) in [6, 6.07) is 14.7. The second-order valence-electron chi connectivity index (χ2n) is 5.28. The zero-order valence-electron chi connectivity index (χ0n) is 13.8. The van der Waals surface area contributed by atoms with Gasteiger partial charge in [0.2, 0.25) is 0 Å². The number of esters is 1. The molecule has 0 heterocycles. The minimum atomic E-state index is -0.771. The molecule has 0 radical (unpaired) electrons. The van der Waals surface area contributed by atoms with E-state index in [-0.39, 0.29) is 17.2 Å². The molecule has 0 spiro atoms. The lowest BCUT2D eigenvalue weighted by Gasteiger charge is -2.20. The Morgan fingerprint density at radius 3 is 2.48 bits per heavy atom. The summed E-state index contributed by atoms with van der Waals surface area (Å²) in [6.07, 6.45) is 0. The van der Waals surface area contributed by atoms with Crippen LogP contribution in [0.15, 0.2) is 54.6 Å². The van der Waals surface area contributed by atoms with Gasteiger partial charge < -0.3 is 9.64 Å². The summed E-state index contributed by atoms with van der Waals surface area (Å²) in [5.74, 6) is -1.10. The minimum Gasteiger partial charge on any atom is -0.452 e. The average molecular weight is 342 g/mol. The molecule has 2 rings (SSSR count). The molecule has 0 saturated heterocycles. The number of nitro benzene ring substituents is 1. The molecule has 1 amide bonds. The number of ether oxygens (including phenoxy) is 1. The number of benzene rings is 2. The molecule has 0 bridgehead atoms. The number of carbonyl (C=O) groups excluding carboxylic acids is 2. The topological polar surface area (TPSA) is 89.8 Å². The van der Waals surface area contributed by atoms with Crippen molar-refractivity contribution in [3.63, 3.8) is 0 Å². The Morgan fingerprint density at radius 1 is 1.12 bits per heavy atom. The van der Waals surface area contributed by atoms with Crippen LogP contribution in [0.2, 0.25) is 0 Å². The summed E-state index contributed by atoms with van der Waals surface area (Å²) in [5.41, 5.74) is 0.802. The molecule has 0 aliphatic heterocycles. The number of nitro groups is 1. The monoisotopic (exact) mass is 342 g/mol. The summed E-state index contributed by atoms with van der Waals surface area (Å²) >= 11 is 0. The van der Waals surface area contributed by atoms with E-state index in [2.05, 4.69) is 0 Å². The van der Waals surface area contributed by atoms with E-state index >= 15 is 0 Å². The van der Waals surface area contributed by atoms with Crippen molar-refractivity contribution in [2.75, 3.05) is 13.2 Å². The lowest BCUT2D eigenvalue weighted by Crippen LogP contribution is -2.34. The third-order valence-corrected chi connectivity index (χ3v) is 3.57. The Bertz CT molecular complexity index is 761. The Hall–Kier alpha value is -3.22. The van der Waals surface area contributed by atoms with Crippen molar-refractivity contribution in [3.8, 4) is 0 Å². The van der Waals surface area contributed by atoms with Gasteiger partial charge in [0.15, 0.2) is 6.61 Å². The van der Waals surface area contributed by atoms with E-state index in [1.807, 2.05) is 37.3 Å². The van der Waals surface area contributed by atoms with Gasteiger partial charge in [0.05, 0.1) is 10.5 Å². The summed E-state index contributed by atoms with van der Waals surface area (Å²) in [5, 5.41) is 10.7. The number of nitrogens with zero attached hydrogens (tertiary/aromatic N) is 2. The normalized spacial score (nSPS) is 10.1. The predicted octanol–water partition coefficient (Wildman–Crippen LogP) is 2.80. The molecule has 0 aliphatic rings. The number of likely N-dealkylation sites (N-methyl/N-ethyl adjacent to an activating group) is 1. The molecule has 130 valence electrons. The number of rotatable bonds is 7. The van der Waals surface area contributed by atoms with Crippen LogP contribution in [0.3, 0.4) is 0 Å². The molecule has 2 aromatic carbocycles. The molecule has 0 saturated carbocycles. The Morgan fingerprint density at radius 2 is 1.84 bits per heavy atom. The van der Waals surface area contributed by atoms with E-state index in [0.717, 1.165) is 11.6 Å². The zero-order valence-corrected chi connectivity index (χ0v) is 13.8. The van der Waals surface area contributed by atoms with Gasteiger partial charge in [-0.3, -0.25) is 14.9 Å². The van der Waals surface area contributed by atoms with E-state index < -0.39 is 17.5 Å². The van der Waals surface area contributed by atoms with Gasteiger partial charge in [-0.2, -0.15) is 0 Å². The summed E-state index contributed by atoms with van der Waals surface area (Å²) in [7, 11) is 0. The van der Waals surface area contributed by atoms with Gasteiger partial charge in [0, 0.05) is 25.2 Å². The first-order valence-electron chi connectivity index (χ1n) is 7.74. The van der Waals surface area contributed by atoms with Crippen LogP contribution in [0.5, 0.6) is 0 Å². The first-order valence-corrected chi connectivity index (χ1v) is 7.74. The molecular weight excluding hydrogens is 324 g/mol. The van der Waals surface area contributed by atoms with Crippen molar-refractivity contribution < 1.29 is 19.2 Å². The largest absolute Gasteiger partial charge is 0.452 e. The van der Waals surface area contributed by atoms with Crippen molar-refractivity contribution >= 4 is 17.6 Å². The molecule has 7 nitrogen and oxygen atoms in total. The van der Waals surface area contributed by atoms with Crippen LogP contribution >= 0.6 is 0 Å². The molecule has 0 aromatic heterocycles. The van der Waals surface area contributed by atoms with Crippen molar-refractivity contribution in [3.05, 3.63) is 75.8 Å². The minimum absolute atomic E-state index is 0.0353. The van der Waals surface area contributed by atoms with Gasteiger partial charge in [-0.05, 0) is 18.6 Å². The first-order chi connectivity index (χ1) is 12.0. The number of hydrogen-bond acceptors (Lipinski definition) is 5. The third kappa shape index (κ3) is 5.13. The molecule has 7 heteroatoms. The Kier molecular flexibility index (Phi) is 6.22. The molecule has 25 heavy (non-hydrogen) atoms. The van der Waals surface area contributed by atoms with Crippen LogP contribution in [-0.4, -0.2) is 34.9 Å². The smallest absolute Gasteiger partial charge is 0.338 e. The van der Waals surface area contributed by atoms with Gasteiger partial charge >= 0.3 is 5.97 Å². The highest BCUT2D eigenvalue weighted by molar-refractivity contribution is 5.91. The second kappa shape index (κ2) is 8.58. The van der Waals surface area contributed by atoms with E-state index in [1.165, 1.54) is 18.2 Å². The molecule has 0 atom stereocenters. The van der Waals surface area contributed by atoms with E-state index in [1.54, 1.807) is 4.90 Å². The van der Waals surface area contributed by atoms with Crippen LogP contribution < -0.4 is 0 Å². The molecule has 0 unspecified atom stereocenters. The maximum absolute atomic E-state index is 12.2. The summed E-state index contributed by atoms with van der Waals surface area (Å²) in [4.78, 5) is 35.9. The lowest BCUT2D eigenvalue weighted by atomic mass is 10.2. The van der Waals surface area contributed by atoms with Crippen LogP contribution in [0.25, 0.3) is 0 Å². The van der Waals surface area contributed by atoms with Crippen molar-refractivity contribution in [1.29, 1.82) is 0 Å². The lowest BCUT2D eigenvalue weighted by molar-refractivity contribution is -0.384. The fourth-order valence-corrected chi connectivity index (χ4v) is 2.23. The van der Waals surface area contributed by atoms with Crippen LogP contribution in [0.1, 0.15) is 22.8 Å². The fourth-order valence-electron chi connectivity index (χ4n) is 2.23. The van der Waals surface area contributed by atoms with E-state index in [4.69, 9.17) is 4.74 Å². The molecule has 0 aliphatic carbocycles. The number of carbonyl (C=O) groups is 2. The van der Waals surface area contributed by atoms with Crippen molar-refractivity contribution in [1.82, 2.24) is 4.90 Å². The summed E-state index contributed by atoms with van der Waals surface area (Å²) in [6.45, 7) is 2.32. The van der Waals surface area contributed by atoms with Crippen molar-refractivity contribution in [2.24, 2.45) is 0 Å². The third-order valence-electron chi connectivity index (χ3n) is 3.57. The number of non-ortho nitro benzene ring substituents is 1. The molecular formula is C18H18N2O5. The maximum atomic E-state index is 12.2. The second-order valence-corrected chi connectivity index (χ2v) is 5.28. The maximum Gasteiger partial charge on any atom is 0.338 e. The van der Waals surface area contributed by atoms with E-state index in [0.29, 0.717) is 13.1 Å². The summed E-state index contributed by atoms with van der Waals surface area (Å²) < 4.78 is 4.99. The number of amides is 1. The van der Waals surface area contributed by atoms with Gasteiger partial charge in [-0.25, -0.2) is 4.79 Å². The van der Waals surface area contributed by atoms with Gasteiger partial charge in [-0.15, -0.1) is 0 Å². The highest BCUT2D eigenvalue weighted by Gasteiger charge is 2.17. The fraction of sp³-hybridized carbons (Fsp3) is 0.222. The van der Waals surface area contributed by atoms with Gasteiger partial charge in [-0.1, -0.05) is 36.4 Å². The SMILES string of the molecule is CCN(Cc1ccccc1)C(=O)COC(=O)c1cccc([N+](=O)[O-])c1. The van der Waals surface area contributed by atoms with Crippen LogP contribution in [-0.2, 0) is 16.1 Å². The first kappa shape index (κ1) is 18.1. The quantitative estimate of drug-likeness (QED) is 0.438.